The van der Waals surface area contributed by atoms with E-state index in [1.807, 2.05) is 25.1 Å². The lowest BCUT2D eigenvalue weighted by molar-refractivity contribution is -0.0284. The minimum atomic E-state index is -0.0868. The molecule has 164 valence electrons. The Hall–Kier alpha value is -1.39. The first-order valence-electron chi connectivity index (χ1n) is 10.2. The summed E-state index contributed by atoms with van der Waals surface area (Å²) in [6, 6.07) is 7.54. The first-order valence-corrected chi connectivity index (χ1v) is 10.2. The van der Waals surface area contributed by atoms with E-state index in [4.69, 9.17) is 4.74 Å². The molecule has 1 atom stereocenters. The topological polar surface area (TPSA) is 78.0 Å². The van der Waals surface area contributed by atoms with E-state index in [9.17, 15) is 4.79 Å². The zero-order valence-corrected chi connectivity index (χ0v) is 20.4. The van der Waals surface area contributed by atoms with Crippen molar-refractivity contribution in [3.05, 3.63) is 35.4 Å². The second-order valence-electron chi connectivity index (χ2n) is 7.50. The van der Waals surface area contributed by atoms with Gasteiger partial charge in [-0.2, -0.15) is 0 Å². The highest BCUT2D eigenvalue weighted by Crippen LogP contribution is 2.08. The Morgan fingerprint density at radius 1 is 1.34 bits per heavy atom. The maximum absolute atomic E-state index is 11.8. The zero-order valence-electron chi connectivity index (χ0n) is 18.0. The monoisotopic (exact) mass is 517 g/mol. The van der Waals surface area contributed by atoms with Crippen molar-refractivity contribution in [2.75, 3.05) is 46.4 Å². The van der Waals surface area contributed by atoms with Gasteiger partial charge in [-0.25, -0.2) is 4.99 Å². The van der Waals surface area contributed by atoms with Crippen LogP contribution in [-0.4, -0.2) is 69.2 Å². The molecule has 8 heteroatoms. The van der Waals surface area contributed by atoms with E-state index in [1.165, 1.54) is 0 Å². The minimum absolute atomic E-state index is 0. The van der Waals surface area contributed by atoms with Crippen molar-refractivity contribution < 1.29 is 9.53 Å². The molecule has 0 radical (unpaired) electrons. The summed E-state index contributed by atoms with van der Waals surface area (Å²) in [5.74, 6) is 1.34. The van der Waals surface area contributed by atoms with Crippen molar-refractivity contribution in [2.24, 2.45) is 10.9 Å². The average Bonchev–Trinajstić information content (AvgIpc) is 2.69. The lowest BCUT2D eigenvalue weighted by atomic mass is 10.1. The molecule has 29 heavy (non-hydrogen) atoms. The van der Waals surface area contributed by atoms with Crippen LogP contribution in [0.15, 0.2) is 29.3 Å². The van der Waals surface area contributed by atoms with E-state index in [0.29, 0.717) is 18.0 Å². The number of aliphatic imine (C=N–C) groups is 1. The van der Waals surface area contributed by atoms with E-state index < -0.39 is 0 Å². The van der Waals surface area contributed by atoms with Crippen LogP contribution in [0, 0.1) is 5.92 Å². The molecule has 1 saturated heterocycles. The number of benzene rings is 1. The predicted molar refractivity (Wildman–Crippen MR) is 129 cm³/mol. The molecule has 0 saturated carbocycles. The van der Waals surface area contributed by atoms with Crippen molar-refractivity contribution in [3.63, 3.8) is 0 Å². The Bertz CT molecular complexity index is 654. The fourth-order valence-electron chi connectivity index (χ4n) is 3.26. The van der Waals surface area contributed by atoms with Crippen LogP contribution in [0.3, 0.4) is 0 Å². The van der Waals surface area contributed by atoms with Crippen LogP contribution in [0.5, 0.6) is 0 Å². The van der Waals surface area contributed by atoms with Gasteiger partial charge >= 0.3 is 0 Å². The van der Waals surface area contributed by atoms with Gasteiger partial charge in [0.2, 0.25) is 0 Å². The molecule has 1 aliphatic heterocycles. The maximum atomic E-state index is 11.8. The van der Waals surface area contributed by atoms with Gasteiger partial charge < -0.3 is 20.7 Å². The summed E-state index contributed by atoms with van der Waals surface area (Å²) in [5, 5.41) is 9.31. The molecular weight excluding hydrogens is 481 g/mol. The third kappa shape index (κ3) is 9.31. The largest absolute Gasteiger partial charge is 0.374 e. The molecule has 1 aliphatic rings. The molecule has 1 heterocycles. The van der Waals surface area contributed by atoms with Gasteiger partial charge in [-0.3, -0.25) is 9.69 Å². The number of amides is 1. The van der Waals surface area contributed by atoms with Crippen molar-refractivity contribution in [1.82, 2.24) is 20.9 Å². The third-order valence-electron chi connectivity index (χ3n) is 4.52. The van der Waals surface area contributed by atoms with Crippen LogP contribution in [0.4, 0.5) is 0 Å². The first kappa shape index (κ1) is 25.6. The summed E-state index contributed by atoms with van der Waals surface area (Å²) in [5.41, 5.74) is 1.64. The molecule has 7 nitrogen and oxygen atoms in total. The lowest BCUT2D eigenvalue weighted by Gasteiger charge is -2.34. The van der Waals surface area contributed by atoms with Crippen LogP contribution in [0.2, 0.25) is 0 Å². The smallest absolute Gasteiger partial charge is 0.251 e. The normalized spacial score (nSPS) is 17.6. The number of hydrogen-bond donors (Lipinski definition) is 3. The second-order valence-corrected chi connectivity index (χ2v) is 7.50. The first-order chi connectivity index (χ1) is 13.5. The van der Waals surface area contributed by atoms with Crippen molar-refractivity contribution in [1.29, 1.82) is 0 Å². The molecule has 0 aromatic heterocycles. The lowest BCUT2D eigenvalue weighted by Crippen LogP contribution is -2.50. The highest BCUT2D eigenvalue weighted by molar-refractivity contribution is 14.0. The van der Waals surface area contributed by atoms with E-state index in [2.05, 4.69) is 39.7 Å². The van der Waals surface area contributed by atoms with E-state index in [-0.39, 0.29) is 36.0 Å². The third-order valence-corrected chi connectivity index (χ3v) is 4.52. The molecule has 0 aliphatic carbocycles. The highest BCUT2D eigenvalue weighted by atomic mass is 127. The Balaban J connectivity index is 0.00000420. The van der Waals surface area contributed by atoms with Crippen molar-refractivity contribution in [2.45, 2.75) is 33.4 Å². The summed E-state index contributed by atoms with van der Waals surface area (Å²) in [6.07, 6.45) is 0.160. The Labute approximate surface area is 192 Å². The van der Waals surface area contributed by atoms with Gasteiger partial charge in [0.25, 0.3) is 5.91 Å². The van der Waals surface area contributed by atoms with Crippen molar-refractivity contribution >= 4 is 35.8 Å². The summed E-state index contributed by atoms with van der Waals surface area (Å²) >= 11 is 0. The van der Waals surface area contributed by atoms with Crippen molar-refractivity contribution in [3.8, 4) is 0 Å². The number of halogens is 1. The molecule has 1 amide bonds. The predicted octanol–water partition coefficient (Wildman–Crippen LogP) is 2.08. The number of rotatable bonds is 8. The van der Waals surface area contributed by atoms with Crippen LogP contribution in [0.1, 0.15) is 36.7 Å². The fraction of sp³-hybridized carbons (Fsp3) is 0.619. The standard InChI is InChI=1S/C21H35N5O2.HI/c1-5-23-21(24-12-17-7-6-8-18(11-17)20(27)22-4)25-13-19-15-26(9-10-28-19)14-16(2)3;/h6-8,11,16,19H,5,9-10,12-15H2,1-4H3,(H,22,27)(H2,23,24,25);1H. The molecule has 1 aromatic carbocycles. The number of nitrogens with zero attached hydrogens (tertiary/aromatic N) is 2. The average molecular weight is 517 g/mol. The number of carbonyl (C=O) groups excluding carboxylic acids is 1. The van der Waals surface area contributed by atoms with Crippen LogP contribution in [-0.2, 0) is 11.3 Å². The molecule has 2 rings (SSSR count). The molecule has 1 unspecified atom stereocenters. The van der Waals surface area contributed by atoms with Gasteiger partial charge in [0, 0.05) is 45.3 Å². The van der Waals surface area contributed by atoms with Gasteiger partial charge in [-0.1, -0.05) is 26.0 Å². The number of morpholine rings is 1. The molecular formula is C21H36IN5O2. The Morgan fingerprint density at radius 2 is 2.14 bits per heavy atom. The fourth-order valence-corrected chi connectivity index (χ4v) is 3.26. The van der Waals surface area contributed by atoms with Gasteiger partial charge in [-0.05, 0) is 30.5 Å². The Morgan fingerprint density at radius 3 is 2.83 bits per heavy atom. The van der Waals surface area contributed by atoms with E-state index in [0.717, 1.165) is 50.9 Å². The van der Waals surface area contributed by atoms with Crippen LogP contribution >= 0.6 is 24.0 Å². The number of nitrogens with one attached hydrogen (secondary N) is 3. The maximum Gasteiger partial charge on any atom is 0.251 e. The van der Waals surface area contributed by atoms with Gasteiger partial charge in [0.15, 0.2) is 5.96 Å². The summed E-state index contributed by atoms with van der Waals surface area (Å²) in [7, 11) is 1.63. The second kappa shape index (κ2) is 13.8. The van der Waals surface area contributed by atoms with Gasteiger partial charge in [0.1, 0.15) is 0 Å². The summed E-state index contributed by atoms with van der Waals surface area (Å²) in [4.78, 5) is 18.9. The highest BCUT2D eigenvalue weighted by Gasteiger charge is 2.21. The van der Waals surface area contributed by atoms with Crippen LogP contribution < -0.4 is 16.0 Å². The number of hydrogen-bond acceptors (Lipinski definition) is 4. The zero-order chi connectivity index (χ0) is 20.4. The number of guanidine groups is 1. The molecule has 0 spiro atoms. The minimum Gasteiger partial charge on any atom is -0.374 e. The molecule has 3 N–H and O–H groups in total. The van der Waals surface area contributed by atoms with E-state index in [1.54, 1.807) is 13.1 Å². The molecule has 1 aromatic rings. The van der Waals surface area contributed by atoms with E-state index >= 15 is 0 Å². The van der Waals surface area contributed by atoms with Gasteiger partial charge in [0.05, 0.1) is 19.3 Å². The number of carbonyl (C=O) groups is 1. The Kier molecular flexibility index (Phi) is 12.2. The molecule has 0 bridgehead atoms. The van der Waals surface area contributed by atoms with Gasteiger partial charge in [-0.15, -0.1) is 24.0 Å². The summed E-state index contributed by atoms with van der Waals surface area (Å²) in [6.45, 7) is 12.4. The SMILES string of the molecule is CCNC(=NCc1cccc(C(=O)NC)c1)NCC1CN(CC(C)C)CCO1.I. The van der Waals surface area contributed by atoms with Crippen LogP contribution in [0.25, 0.3) is 0 Å². The summed E-state index contributed by atoms with van der Waals surface area (Å²) < 4.78 is 5.90. The number of ether oxygens (including phenoxy) is 1. The quantitative estimate of drug-likeness (QED) is 0.280. The molecule has 1 fully saturated rings.